The van der Waals surface area contributed by atoms with Gasteiger partial charge >= 0.3 is 0 Å². The predicted octanol–water partition coefficient (Wildman–Crippen LogP) is 0.115. The van der Waals surface area contributed by atoms with Crippen LogP contribution >= 0.6 is 0 Å². The van der Waals surface area contributed by atoms with Crippen molar-refractivity contribution in [3.63, 3.8) is 0 Å². The average molecular weight is 458 g/mol. The molecule has 0 saturated carbocycles. The lowest BCUT2D eigenvalue weighted by Gasteiger charge is -2.44. The van der Waals surface area contributed by atoms with Crippen molar-refractivity contribution in [1.82, 2.24) is 15.2 Å². The number of rotatable bonds is 7. The van der Waals surface area contributed by atoms with Gasteiger partial charge in [-0.25, -0.2) is 4.99 Å². The van der Waals surface area contributed by atoms with Crippen LogP contribution in [0.1, 0.15) is 25.1 Å². The third-order valence-electron chi connectivity index (χ3n) is 6.36. The second-order valence-electron chi connectivity index (χ2n) is 8.80. The molecule has 2 aromatic rings. The molecule has 0 amide bonds. The Morgan fingerprint density at radius 1 is 1.21 bits per heavy atom. The fraction of sp³-hybridized carbons (Fsp3) is 0.522. The van der Waals surface area contributed by atoms with Crippen molar-refractivity contribution in [3.8, 4) is 11.5 Å². The summed E-state index contributed by atoms with van der Waals surface area (Å²) < 4.78 is 28.7. The van der Waals surface area contributed by atoms with E-state index in [4.69, 9.17) is 34.4 Å². The smallest absolute Gasteiger partial charge is 0.162 e. The third kappa shape index (κ3) is 3.82. The summed E-state index contributed by atoms with van der Waals surface area (Å²) >= 11 is 0. The molecule has 1 aromatic carbocycles. The maximum Gasteiger partial charge on any atom is 0.162 e. The van der Waals surface area contributed by atoms with E-state index >= 15 is 0 Å². The monoisotopic (exact) mass is 457 g/mol. The van der Waals surface area contributed by atoms with Gasteiger partial charge in [-0.2, -0.15) is 0 Å². The summed E-state index contributed by atoms with van der Waals surface area (Å²) in [4.78, 5) is 10.5. The first-order chi connectivity index (χ1) is 15.9. The molecule has 10 nitrogen and oxygen atoms in total. The average Bonchev–Trinajstić information content (AvgIpc) is 3.52. The second kappa shape index (κ2) is 8.53. The number of hydrogen-bond acceptors (Lipinski definition) is 9. The number of nitrogens with one attached hydrogen (secondary N) is 2. The van der Waals surface area contributed by atoms with Crippen LogP contribution in [0.2, 0.25) is 0 Å². The molecule has 0 radical (unpaired) electrons. The molecule has 33 heavy (non-hydrogen) atoms. The van der Waals surface area contributed by atoms with Gasteiger partial charge in [-0.05, 0) is 32.0 Å². The molecule has 0 unspecified atom stereocenters. The van der Waals surface area contributed by atoms with Crippen molar-refractivity contribution >= 4 is 5.82 Å². The molecule has 10 heteroatoms. The number of H-pyrrole nitrogens is 1. The minimum absolute atomic E-state index is 0.0824. The highest BCUT2D eigenvalue weighted by molar-refractivity contribution is 5.47. The number of aromatic amines is 1. The Hall–Kier alpha value is -2.79. The maximum atomic E-state index is 6.18. The van der Waals surface area contributed by atoms with Gasteiger partial charge in [0.2, 0.25) is 0 Å². The summed E-state index contributed by atoms with van der Waals surface area (Å²) in [5.74, 6) is 2.38. The number of methoxy groups -OCH3 is 2. The molecule has 3 aliphatic heterocycles. The van der Waals surface area contributed by atoms with Crippen LogP contribution in [0.25, 0.3) is 5.82 Å². The summed E-state index contributed by atoms with van der Waals surface area (Å²) in [6.45, 7) is 5.79. The summed E-state index contributed by atoms with van der Waals surface area (Å²) in [6, 6.07) is 7.83. The quantitative estimate of drug-likeness (QED) is 0.537. The van der Waals surface area contributed by atoms with Gasteiger partial charge in [-0.15, -0.1) is 0 Å². The van der Waals surface area contributed by atoms with Crippen molar-refractivity contribution < 1.29 is 23.7 Å². The number of nitrogens with zero attached hydrogens (tertiary/aromatic N) is 2. The van der Waals surface area contributed by atoms with Gasteiger partial charge < -0.3 is 44.6 Å². The number of aromatic nitrogens is 1. The topological polar surface area (TPSA) is 116 Å². The number of ether oxygens (including phenoxy) is 5. The van der Waals surface area contributed by atoms with Gasteiger partial charge in [0.1, 0.15) is 47.5 Å². The van der Waals surface area contributed by atoms with E-state index in [0.717, 1.165) is 39.3 Å². The van der Waals surface area contributed by atoms with Crippen LogP contribution in [0.4, 0.5) is 0 Å². The summed E-state index contributed by atoms with van der Waals surface area (Å²) in [5, 5.41) is 4.57. The van der Waals surface area contributed by atoms with Crippen molar-refractivity contribution in [2.45, 2.75) is 51.0 Å². The lowest BCUT2D eigenvalue weighted by Crippen LogP contribution is -2.60. The standard InChI is InChI=1S/C23H31N5O5/c1-23(2)27-20-16(7-14(9-24)26-20)21(28(23)22-19-18(11-31-22)32-12-33-19)25-10-13-5-6-15(29-3)8-17(13)30-4/h5-8,18-19,22,25H,9-12,24H2,1-4H3,(H,26,27)/t18-,19-,22-/m1/s1. The molecule has 4 heterocycles. The van der Waals surface area contributed by atoms with E-state index in [2.05, 4.69) is 29.0 Å². The molecule has 4 N–H and O–H groups in total. The minimum Gasteiger partial charge on any atom is -0.497 e. The van der Waals surface area contributed by atoms with Crippen LogP contribution in [-0.2, 0) is 27.3 Å². The molecule has 2 saturated heterocycles. The van der Waals surface area contributed by atoms with Crippen molar-refractivity contribution in [1.29, 1.82) is 0 Å². The normalized spacial score (nSPS) is 25.4. The van der Waals surface area contributed by atoms with Gasteiger partial charge in [0, 0.05) is 30.4 Å². The highest BCUT2D eigenvalue weighted by Crippen LogP contribution is 2.35. The molecule has 5 rings (SSSR count). The lowest BCUT2D eigenvalue weighted by molar-refractivity contribution is -0.110. The number of hydrogen-bond donors (Lipinski definition) is 3. The molecule has 0 bridgehead atoms. The third-order valence-corrected chi connectivity index (χ3v) is 6.36. The fourth-order valence-corrected chi connectivity index (χ4v) is 4.73. The van der Waals surface area contributed by atoms with Crippen molar-refractivity contribution in [2.75, 3.05) is 27.6 Å². The van der Waals surface area contributed by atoms with E-state index < -0.39 is 5.66 Å². The highest BCUT2D eigenvalue weighted by Gasteiger charge is 2.50. The molecular weight excluding hydrogens is 426 g/mol. The van der Waals surface area contributed by atoms with E-state index in [1.54, 1.807) is 14.2 Å². The molecule has 1 aromatic heterocycles. The SMILES string of the molecule is COc1ccc(CNC2=c3cc(CN)[nH]c3=NC(C)(C)N2[C@@H]2OC[C@H]3OCO[C@@H]23)c(OC)c1. The first-order valence-corrected chi connectivity index (χ1v) is 11.1. The van der Waals surface area contributed by atoms with Crippen LogP contribution in [-0.4, -0.2) is 61.6 Å². The van der Waals surface area contributed by atoms with Crippen LogP contribution in [0.5, 0.6) is 11.5 Å². The number of benzene rings is 1. The molecular formula is C23H31N5O5. The first kappa shape index (κ1) is 22.0. The highest BCUT2D eigenvalue weighted by atomic mass is 16.7. The number of fused-ring (bicyclic) bond motifs is 2. The Morgan fingerprint density at radius 3 is 2.82 bits per heavy atom. The van der Waals surface area contributed by atoms with E-state index in [-0.39, 0.29) is 25.2 Å². The Morgan fingerprint density at radius 2 is 2.06 bits per heavy atom. The van der Waals surface area contributed by atoms with E-state index in [9.17, 15) is 0 Å². The molecule has 0 aliphatic carbocycles. The van der Waals surface area contributed by atoms with Gasteiger partial charge in [-0.1, -0.05) is 0 Å². The van der Waals surface area contributed by atoms with E-state index in [1.807, 2.05) is 24.3 Å². The zero-order chi connectivity index (χ0) is 23.2. The van der Waals surface area contributed by atoms with Crippen molar-refractivity contribution in [2.24, 2.45) is 10.7 Å². The van der Waals surface area contributed by atoms with Crippen LogP contribution in [0, 0.1) is 0 Å². The van der Waals surface area contributed by atoms with E-state index in [0.29, 0.717) is 19.7 Å². The van der Waals surface area contributed by atoms with Crippen LogP contribution < -0.4 is 31.2 Å². The Bertz CT molecular complexity index is 1150. The zero-order valence-electron chi connectivity index (χ0n) is 19.4. The number of nitrogens with two attached hydrogens (primary N) is 1. The van der Waals surface area contributed by atoms with Crippen LogP contribution in [0.3, 0.4) is 0 Å². The van der Waals surface area contributed by atoms with Gasteiger partial charge in [-0.3, -0.25) is 0 Å². The largest absolute Gasteiger partial charge is 0.497 e. The lowest BCUT2D eigenvalue weighted by atomic mass is 10.1. The van der Waals surface area contributed by atoms with Gasteiger partial charge in [0.05, 0.1) is 26.0 Å². The predicted molar refractivity (Wildman–Crippen MR) is 120 cm³/mol. The van der Waals surface area contributed by atoms with Gasteiger partial charge in [0.15, 0.2) is 6.23 Å². The Kier molecular flexibility index (Phi) is 5.69. The maximum absolute atomic E-state index is 6.18. The first-order valence-electron chi connectivity index (χ1n) is 11.1. The fourth-order valence-electron chi connectivity index (χ4n) is 4.73. The minimum atomic E-state index is -0.610. The van der Waals surface area contributed by atoms with E-state index in [1.165, 1.54) is 0 Å². The second-order valence-corrected chi connectivity index (χ2v) is 8.80. The Balaban J connectivity index is 1.56. The summed E-state index contributed by atoms with van der Waals surface area (Å²) in [6.07, 6.45) is -0.622. The zero-order valence-corrected chi connectivity index (χ0v) is 19.4. The molecule has 3 aliphatic rings. The van der Waals surface area contributed by atoms with Gasteiger partial charge in [0.25, 0.3) is 0 Å². The van der Waals surface area contributed by atoms with Crippen molar-refractivity contribution in [3.05, 3.63) is 46.2 Å². The molecule has 178 valence electrons. The molecule has 3 atom stereocenters. The summed E-state index contributed by atoms with van der Waals surface area (Å²) in [7, 11) is 3.29. The Labute approximate surface area is 192 Å². The molecule has 2 fully saturated rings. The summed E-state index contributed by atoms with van der Waals surface area (Å²) in [5.41, 5.74) is 8.01. The van der Waals surface area contributed by atoms with Crippen LogP contribution in [0.15, 0.2) is 29.3 Å². The molecule has 0 spiro atoms.